The van der Waals surface area contributed by atoms with Gasteiger partial charge in [0, 0.05) is 39.9 Å². The molecule has 0 rings (SSSR count). The van der Waals surface area contributed by atoms with Crippen molar-refractivity contribution in [2.75, 3.05) is 33.9 Å². The Labute approximate surface area is 142 Å². The first-order valence-corrected chi connectivity index (χ1v) is 12.3. The number of nitrogens with zero attached hydrogens (tertiary/aromatic N) is 1. The highest BCUT2D eigenvalue weighted by atomic mass is 28.4. The summed E-state index contributed by atoms with van der Waals surface area (Å²) < 4.78 is 21.2. The molecule has 23 heavy (non-hydrogen) atoms. The summed E-state index contributed by atoms with van der Waals surface area (Å²) in [5, 5.41) is 2.87. The first kappa shape index (κ1) is 22.4. The maximum Gasteiger partial charge on any atom is 0.497 e. The average molecular weight is 365 g/mol. The van der Waals surface area contributed by atoms with Gasteiger partial charge in [-0.25, -0.2) is 4.79 Å². The Morgan fingerprint density at radius 1 is 1.22 bits per heavy atom. The summed E-state index contributed by atoms with van der Waals surface area (Å²) in [5.74, 6) is 0. The van der Waals surface area contributed by atoms with Gasteiger partial charge in [0.25, 0.3) is 8.68 Å². The third-order valence-corrected chi connectivity index (χ3v) is 6.93. The van der Waals surface area contributed by atoms with Gasteiger partial charge < -0.3 is 28.3 Å². The lowest BCUT2D eigenvalue weighted by Gasteiger charge is -2.25. The predicted octanol–water partition coefficient (Wildman–Crippen LogP) is 1.85. The summed E-state index contributed by atoms with van der Waals surface area (Å²) in [7, 11) is -1.65. The largest absolute Gasteiger partial charge is 0.497 e. The van der Waals surface area contributed by atoms with Gasteiger partial charge in [0.05, 0.1) is 0 Å². The Morgan fingerprint density at radius 3 is 2.35 bits per heavy atom. The molecule has 0 aliphatic rings. The Balaban J connectivity index is 4.27. The number of unbranched alkanes of at least 4 members (excludes halogenated alkanes) is 1. The molecule has 0 saturated carbocycles. The van der Waals surface area contributed by atoms with Crippen LogP contribution in [-0.4, -0.2) is 67.1 Å². The highest BCUT2D eigenvalue weighted by molar-refractivity contribution is 6.59. The number of hydrogen-bond donors (Lipinski definition) is 2. The van der Waals surface area contributed by atoms with Crippen LogP contribution in [0.3, 0.4) is 0 Å². The molecule has 2 N–H and O–H groups in total. The van der Waals surface area contributed by atoms with E-state index < -0.39 is 17.5 Å². The summed E-state index contributed by atoms with van der Waals surface area (Å²) in [5.41, 5.74) is 0. The number of carbonyl (C=O) groups is 1. The van der Waals surface area contributed by atoms with E-state index in [0.29, 0.717) is 38.1 Å². The van der Waals surface area contributed by atoms with E-state index in [9.17, 15) is 14.1 Å². The van der Waals surface area contributed by atoms with Crippen LogP contribution in [0.1, 0.15) is 32.6 Å². The predicted molar refractivity (Wildman–Crippen MR) is 93.0 cm³/mol. The summed E-state index contributed by atoms with van der Waals surface area (Å²) in [6, 6.07) is 0.989. The minimum absolute atomic E-state index is 0.103. The number of amides is 2. The summed E-state index contributed by atoms with van der Waals surface area (Å²) in [6.07, 6.45) is 3.31. The molecular formula is C14H32N2O5Si2. The Morgan fingerprint density at radius 2 is 1.83 bits per heavy atom. The number of nitrogens with one attached hydrogen (secondary N) is 1. The molecule has 0 bridgehead atoms. The summed E-state index contributed by atoms with van der Waals surface area (Å²) >= 11 is 0. The molecule has 0 saturated heterocycles. The molecule has 0 fully saturated rings. The zero-order valence-electron chi connectivity index (χ0n) is 14.9. The van der Waals surface area contributed by atoms with E-state index in [-0.39, 0.29) is 6.03 Å². The van der Waals surface area contributed by atoms with E-state index in [0.717, 1.165) is 19.3 Å². The van der Waals surface area contributed by atoms with Crippen molar-refractivity contribution < 1.29 is 22.9 Å². The van der Waals surface area contributed by atoms with Gasteiger partial charge in [0.15, 0.2) is 0 Å². The van der Waals surface area contributed by atoms with Crippen molar-refractivity contribution in [3.8, 4) is 0 Å². The Kier molecular flexibility index (Phi) is 12.4. The van der Waals surface area contributed by atoms with E-state index in [4.69, 9.17) is 8.85 Å². The molecule has 0 heterocycles. The second kappa shape index (κ2) is 12.8. The second-order valence-electron chi connectivity index (χ2n) is 5.60. The second-order valence-corrected chi connectivity index (χ2v) is 10.2. The molecule has 0 unspecified atom stereocenters. The van der Waals surface area contributed by atoms with Gasteiger partial charge in [-0.2, -0.15) is 0 Å². The number of hydrogen-bond acceptors (Lipinski definition) is 5. The lowest BCUT2D eigenvalue weighted by atomic mass is 10.3. The van der Waals surface area contributed by atoms with Gasteiger partial charge in [-0.15, -0.1) is 0 Å². The van der Waals surface area contributed by atoms with Crippen LogP contribution >= 0.6 is 0 Å². The standard InChI is InChI=1S/C14H32N2O5Si2/c1-5-6-10-16(11-8-13-23(19,20-2)21-3)14(17)15-9-7-12-22(4)18/h19H,5-13H2,1-4H3,(H,15,17). The van der Waals surface area contributed by atoms with E-state index >= 15 is 0 Å². The van der Waals surface area contributed by atoms with Gasteiger partial charge in [-0.3, -0.25) is 0 Å². The fraction of sp³-hybridized carbons (Fsp3) is 0.929. The highest BCUT2D eigenvalue weighted by Gasteiger charge is 2.33. The fourth-order valence-electron chi connectivity index (χ4n) is 2.09. The molecule has 0 aromatic heterocycles. The molecule has 0 radical (unpaired) electrons. The highest BCUT2D eigenvalue weighted by Crippen LogP contribution is 2.11. The van der Waals surface area contributed by atoms with Gasteiger partial charge in [0.1, 0.15) is 0 Å². The van der Waals surface area contributed by atoms with Crippen LogP contribution < -0.4 is 5.32 Å². The van der Waals surface area contributed by atoms with Crippen LogP contribution in [-0.2, 0) is 13.3 Å². The van der Waals surface area contributed by atoms with Crippen molar-refractivity contribution in [2.24, 2.45) is 0 Å². The first-order chi connectivity index (χ1) is 10.9. The van der Waals surface area contributed by atoms with E-state index in [1.165, 1.54) is 14.2 Å². The normalized spacial score (nSPS) is 11.3. The maximum atomic E-state index is 12.2. The van der Waals surface area contributed by atoms with Crippen LogP contribution in [0, 0.1) is 0 Å². The van der Waals surface area contributed by atoms with E-state index in [1.807, 2.05) is 0 Å². The molecular weight excluding hydrogens is 332 g/mol. The number of carbonyl (C=O) groups excluding carboxylic acids is 1. The van der Waals surface area contributed by atoms with Crippen LogP contribution in [0.15, 0.2) is 0 Å². The molecule has 0 aliphatic carbocycles. The fourth-order valence-corrected chi connectivity index (χ4v) is 3.94. The third-order valence-electron chi connectivity index (χ3n) is 3.61. The van der Waals surface area contributed by atoms with Crippen LogP contribution in [0.4, 0.5) is 4.79 Å². The van der Waals surface area contributed by atoms with Crippen LogP contribution in [0.5, 0.6) is 0 Å². The topological polar surface area (TPSA) is 88.1 Å². The molecule has 0 aliphatic heterocycles. The van der Waals surface area contributed by atoms with Crippen molar-refractivity contribution in [1.29, 1.82) is 0 Å². The average Bonchev–Trinajstić information content (AvgIpc) is 2.54. The van der Waals surface area contributed by atoms with Crippen LogP contribution in [0.2, 0.25) is 18.6 Å². The maximum absolute atomic E-state index is 12.2. The smallest absolute Gasteiger partial charge is 0.390 e. The third kappa shape index (κ3) is 10.7. The molecule has 2 amide bonds. The van der Waals surface area contributed by atoms with Crippen molar-refractivity contribution in [2.45, 2.75) is 51.2 Å². The first-order valence-electron chi connectivity index (χ1n) is 8.23. The lowest BCUT2D eigenvalue weighted by molar-refractivity contribution is 0.148. The van der Waals surface area contributed by atoms with Gasteiger partial charge in [-0.05, 0) is 31.9 Å². The number of urea groups is 1. The van der Waals surface area contributed by atoms with E-state index in [2.05, 4.69) is 12.2 Å². The minimum Gasteiger partial charge on any atom is -0.390 e. The van der Waals surface area contributed by atoms with Crippen LogP contribution in [0.25, 0.3) is 0 Å². The SMILES string of the molecule is CCCCN(CCC[Si](O)(OC)OC)C(=O)NCCC[Si](C)=O. The number of rotatable bonds is 13. The lowest BCUT2D eigenvalue weighted by Crippen LogP contribution is -2.44. The van der Waals surface area contributed by atoms with Crippen molar-refractivity contribution in [3.63, 3.8) is 0 Å². The minimum atomic E-state index is -3.06. The monoisotopic (exact) mass is 364 g/mol. The molecule has 9 heteroatoms. The Bertz CT molecular complexity index is 354. The van der Waals surface area contributed by atoms with Gasteiger partial charge >= 0.3 is 14.8 Å². The molecule has 0 spiro atoms. The van der Waals surface area contributed by atoms with Crippen molar-refractivity contribution in [1.82, 2.24) is 10.2 Å². The van der Waals surface area contributed by atoms with Crippen molar-refractivity contribution in [3.05, 3.63) is 0 Å². The summed E-state index contributed by atoms with van der Waals surface area (Å²) in [4.78, 5) is 24.0. The molecule has 0 atom stereocenters. The zero-order chi connectivity index (χ0) is 17.7. The quantitative estimate of drug-likeness (QED) is 0.385. The molecule has 0 aromatic rings. The zero-order valence-corrected chi connectivity index (χ0v) is 16.9. The van der Waals surface area contributed by atoms with E-state index in [1.54, 1.807) is 11.4 Å². The summed E-state index contributed by atoms with van der Waals surface area (Å²) in [6.45, 7) is 5.60. The van der Waals surface area contributed by atoms with Gasteiger partial charge in [-0.1, -0.05) is 13.3 Å². The Hall–Kier alpha value is -0.616. The molecule has 136 valence electrons. The molecule has 0 aromatic carbocycles. The van der Waals surface area contributed by atoms with Crippen molar-refractivity contribution >= 4 is 23.5 Å². The van der Waals surface area contributed by atoms with Gasteiger partial charge in [0.2, 0.25) is 0 Å². The molecule has 7 nitrogen and oxygen atoms in total.